The highest BCUT2D eigenvalue weighted by Gasteiger charge is 2.24. The van der Waals surface area contributed by atoms with Gasteiger partial charge in [0, 0.05) is 0 Å². The third-order valence-corrected chi connectivity index (χ3v) is 3.89. The lowest BCUT2D eigenvalue weighted by Crippen LogP contribution is -2.34. The summed E-state index contributed by atoms with van der Waals surface area (Å²) in [6, 6.07) is 16.5. The van der Waals surface area contributed by atoms with Gasteiger partial charge in [0.05, 0.1) is 12.6 Å². The van der Waals surface area contributed by atoms with Crippen LogP contribution < -0.4 is 11.1 Å². The zero-order valence-corrected chi connectivity index (χ0v) is 11.3. The van der Waals surface area contributed by atoms with Crippen LogP contribution in [0.25, 0.3) is 0 Å². The van der Waals surface area contributed by atoms with Gasteiger partial charge >= 0.3 is 0 Å². The molecule has 3 nitrogen and oxygen atoms in total. The van der Waals surface area contributed by atoms with E-state index in [2.05, 4.69) is 41.7 Å². The lowest BCUT2D eigenvalue weighted by molar-refractivity contribution is -0.120. The fraction of sp³-hybridized carbons (Fsp3) is 0.235. The van der Waals surface area contributed by atoms with Crippen molar-refractivity contribution in [2.45, 2.75) is 18.9 Å². The first-order valence-electron chi connectivity index (χ1n) is 6.94. The van der Waals surface area contributed by atoms with Crippen LogP contribution in [-0.4, -0.2) is 12.5 Å². The van der Waals surface area contributed by atoms with Gasteiger partial charge < -0.3 is 11.1 Å². The molecule has 0 bridgehead atoms. The van der Waals surface area contributed by atoms with Crippen molar-refractivity contribution in [3.63, 3.8) is 0 Å². The average molecular weight is 266 g/mol. The molecule has 1 aliphatic rings. The van der Waals surface area contributed by atoms with Crippen molar-refractivity contribution in [3.8, 4) is 0 Å². The fourth-order valence-electron chi connectivity index (χ4n) is 2.90. The van der Waals surface area contributed by atoms with E-state index in [4.69, 9.17) is 5.73 Å². The summed E-state index contributed by atoms with van der Waals surface area (Å²) in [5.74, 6) is -0.124. The molecular weight excluding hydrogens is 248 g/mol. The van der Waals surface area contributed by atoms with Crippen molar-refractivity contribution in [2.75, 3.05) is 6.54 Å². The Morgan fingerprint density at radius 2 is 1.50 bits per heavy atom. The van der Waals surface area contributed by atoms with Gasteiger partial charge in [-0.2, -0.15) is 0 Å². The Labute approximate surface area is 118 Å². The van der Waals surface area contributed by atoms with Crippen LogP contribution in [0, 0.1) is 0 Å². The van der Waals surface area contributed by atoms with Crippen molar-refractivity contribution in [2.24, 2.45) is 5.73 Å². The Morgan fingerprint density at radius 1 is 1.00 bits per heavy atom. The van der Waals surface area contributed by atoms with Crippen LogP contribution in [0.5, 0.6) is 0 Å². The molecule has 1 amide bonds. The van der Waals surface area contributed by atoms with Crippen LogP contribution in [0.15, 0.2) is 48.5 Å². The van der Waals surface area contributed by atoms with Gasteiger partial charge in [-0.25, -0.2) is 0 Å². The van der Waals surface area contributed by atoms with Crippen molar-refractivity contribution in [3.05, 3.63) is 70.8 Å². The third kappa shape index (κ3) is 2.32. The number of rotatable bonds is 2. The molecule has 0 radical (unpaired) electrons. The minimum absolute atomic E-state index is 0.0147. The van der Waals surface area contributed by atoms with Crippen LogP contribution in [0.2, 0.25) is 0 Å². The van der Waals surface area contributed by atoms with Gasteiger partial charge in [-0.05, 0) is 35.1 Å². The molecule has 0 aromatic heterocycles. The lowest BCUT2D eigenvalue weighted by atomic mass is 9.94. The highest BCUT2D eigenvalue weighted by Crippen LogP contribution is 2.32. The molecule has 1 aliphatic carbocycles. The number of nitrogens with one attached hydrogen (secondary N) is 1. The van der Waals surface area contributed by atoms with Crippen molar-refractivity contribution < 1.29 is 4.79 Å². The van der Waals surface area contributed by atoms with Crippen LogP contribution in [0.4, 0.5) is 0 Å². The minimum Gasteiger partial charge on any atom is -0.344 e. The zero-order chi connectivity index (χ0) is 13.9. The van der Waals surface area contributed by atoms with Gasteiger partial charge in [0.25, 0.3) is 0 Å². The third-order valence-electron chi connectivity index (χ3n) is 3.89. The molecule has 0 spiro atoms. The molecule has 102 valence electrons. The Hall–Kier alpha value is -2.13. The molecule has 0 atom stereocenters. The number of amides is 1. The van der Waals surface area contributed by atoms with E-state index in [0.29, 0.717) is 0 Å². The number of carbonyl (C=O) groups excluding carboxylic acids is 1. The molecule has 2 aromatic carbocycles. The largest absolute Gasteiger partial charge is 0.344 e. The van der Waals surface area contributed by atoms with Gasteiger partial charge in [-0.15, -0.1) is 0 Å². The molecule has 2 aromatic rings. The van der Waals surface area contributed by atoms with E-state index in [-0.39, 0.29) is 18.5 Å². The van der Waals surface area contributed by atoms with Crippen LogP contribution in [0.3, 0.4) is 0 Å². The average Bonchev–Trinajstić information content (AvgIpc) is 2.65. The van der Waals surface area contributed by atoms with Crippen molar-refractivity contribution in [1.29, 1.82) is 0 Å². The monoisotopic (exact) mass is 266 g/mol. The van der Waals surface area contributed by atoms with Crippen molar-refractivity contribution >= 4 is 5.91 Å². The molecule has 0 heterocycles. The van der Waals surface area contributed by atoms with Crippen LogP contribution in [-0.2, 0) is 17.6 Å². The maximum atomic E-state index is 11.8. The second-order valence-electron chi connectivity index (χ2n) is 5.10. The molecule has 0 saturated heterocycles. The second kappa shape index (κ2) is 5.47. The molecule has 3 rings (SSSR count). The number of benzene rings is 2. The first-order chi connectivity index (χ1) is 9.79. The number of hydrogen-bond acceptors (Lipinski definition) is 2. The van der Waals surface area contributed by atoms with E-state index in [9.17, 15) is 4.79 Å². The summed E-state index contributed by atoms with van der Waals surface area (Å²) < 4.78 is 0. The Bertz CT molecular complexity index is 589. The second-order valence-corrected chi connectivity index (χ2v) is 5.10. The molecular formula is C17H18N2O. The van der Waals surface area contributed by atoms with E-state index in [1.165, 1.54) is 22.3 Å². The predicted molar refractivity (Wildman–Crippen MR) is 79.3 cm³/mol. The molecule has 0 fully saturated rings. The Kier molecular flexibility index (Phi) is 3.52. The van der Waals surface area contributed by atoms with E-state index in [1.54, 1.807) is 0 Å². The number of aryl methyl sites for hydroxylation is 2. The van der Waals surface area contributed by atoms with Gasteiger partial charge in [0.15, 0.2) is 0 Å². The lowest BCUT2D eigenvalue weighted by Gasteiger charge is -2.21. The predicted octanol–water partition coefficient (Wildman–Crippen LogP) is 1.95. The van der Waals surface area contributed by atoms with Crippen LogP contribution in [0.1, 0.15) is 28.3 Å². The summed E-state index contributed by atoms with van der Waals surface area (Å²) in [7, 11) is 0. The van der Waals surface area contributed by atoms with Crippen molar-refractivity contribution in [1.82, 2.24) is 5.32 Å². The van der Waals surface area contributed by atoms with Gasteiger partial charge in [0.1, 0.15) is 0 Å². The summed E-state index contributed by atoms with van der Waals surface area (Å²) in [6.07, 6.45) is 2.00. The molecule has 0 saturated carbocycles. The standard InChI is InChI=1S/C17H18N2O/c18-11-16(20)19-17-14-7-3-1-5-12(14)9-10-13-6-2-4-8-15(13)17/h1-8,17H,9-11,18H2,(H,19,20). The summed E-state index contributed by atoms with van der Waals surface area (Å²) >= 11 is 0. The Morgan fingerprint density at radius 3 is 2.00 bits per heavy atom. The molecule has 20 heavy (non-hydrogen) atoms. The smallest absolute Gasteiger partial charge is 0.234 e. The van der Waals surface area contributed by atoms with Gasteiger partial charge in [-0.1, -0.05) is 48.5 Å². The number of hydrogen-bond donors (Lipinski definition) is 2. The first-order valence-corrected chi connectivity index (χ1v) is 6.94. The minimum atomic E-state index is -0.124. The molecule has 3 heteroatoms. The van der Waals surface area contributed by atoms with Gasteiger partial charge in [0.2, 0.25) is 5.91 Å². The number of carbonyl (C=O) groups is 1. The number of nitrogens with two attached hydrogens (primary N) is 1. The SMILES string of the molecule is NCC(=O)NC1c2ccccc2CCc2ccccc21. The number of fused-ring (bicyclic) bond motifs is 2. The normalized spacial score (nSPS) is 14.1. The van der Waals surface area contributed by atoms with Crippen LogP contribution >= 0.6 is 0 Å². The van der Waals surface area contributed by atoms with E-state index in [0.717, 1.165) is 12.8 Å². The topological polar surface area (TPSA) is 55.1 Å². The fourth-order valence-corrected chi connectivity index (χ4v) is 2.90. The van der Waals surface area contributed by atoms with E-state index in [1.807, 2.05) is 12.1 Å². The quantitative estimate of drug-likeness (QED) is 0.873. The maximum Gasteiger partial charge on any atom is 0.234 e. The Balaban J connectivity index is 2.11. The molecule has 3 N–H and O–H groups in total. The highest BCUT2D eigenvalue weighted by atomic mass is 16.1. The van der Waals surface area contributed by atoms with E-state index < -0.39 is 0 Å². The maximum absolute atomic E-state index is 11.8. The molecule has 0 unspecified atom stereocenters. The zero-order valence-electron chi connectivity index (χ0n) is 11.3. The van der Waals surface area contributed by atoms with E-state index >= 15 is 0 Å². The van der Waals surface area contributed by atoms with Gasteiger partial charge in [-0.3, -0.25) is 4.79 Å². The molecule has 0 aliphatic heterocycles. The summed E-state index contributed by atoms with van der Waals surface area (Å²) in [5, 5.41) is 3.06. The summed E-state index contributed by atoms with van der Waals surface area (Å²) in [4.78, 5) is 11.8. The highest BCUT2D eigenvalue weighted by molar-refractivity contribution is 5.79. The summed E-state index contributed by atoms with van der Waals surface area (Å²) in [5.41, 5.74) is 10.4. The first kappa shape index (κ1) is 12.9. The summed E-state index contributed by atoms with van der Waals surface area (Å²) in [6.45, 7) is 0.0147.